The summed E-state index contributed by atoms with van der Waals surface area (Å²) in [5.74, 6) is 0.535. The van der Waals surface area contributed by atoms with E-state index in [4.69, 9.17) is 25.6 Å². The largest absolute Gasteiger partial charge is 0.444 e. The van der Waals surface area contributed by atoms with Crippen LogP contribution in [0.4, 0.5) is 5.69 Å². The van der Waals surface area contributed by atoms with Gasteiger partial charge in [-0.05, 0) is 19.9 Å². The van der Waals surface area contributed by atoms with Gasteiger partial charge in [-0.25, -0.2) is 9.97 Å². The Kier molecular flexibility index (Phi) is 5.73. The van der Waals surface area contributed by atoms with Gasteiger partial charge < -0.3 is 9.73 Å². The van der Waals surface area contributed by atoms with E-state index in [2.05, 4.69) is 15.3 Å². The first-order valence-electron chi connectivity index (χ1n) is 5.39. The summed E-state index contributed by atoms with van der Waals surface area (Å²) in [4.78, 5) is 24.4. The maximum Gasteiger partial charge on any atom is 0.373 e. The van der Waals surface area contributed by atoms with Crippen LogP contribution in [0.25, 0.3) is 11.5 Å². The van der Waals surface area contributed by atoms with Gasteiger partial charge in [0, 0.05) is 12.2 Å². The number of rotatable bonds is 3. The molecular weight excluding hydrogens is 270 g/mol. The van der Waals surface area contributed by atoms with Crippen LogP contribution >= 0.6 is 11.6 Å². The average molecular weight is 282 g/mol. The van der Waals surface area contributed by atoms with Crippen molar-refractivity contribution in [2.45, 2.75) is 19.9 Å². The Morgan fingerprint density at radius 3 is 2.58 bits per heavy atom. The van der Waals surface area contributed by atoms with E-state index in [0.29, 0.717) is 17.1 Å². The molecule has 0 aromatic carbocycles. The van der Waals surface area contributed by atoms with Gasteiger partial charge in [0.25, 0.3) is 0 Å². The Bertz CT molecular complexity index is 549. The summed E-state index contributed by atoms with van der Waals surface area (Å²) in [7, 11) is 0. The molecule has 2 rings (SSSR count). The van der Waals surface area contributed by atoms with E-state index in [0.717, 1.165) is 11.3 Å². The zero-order valence-electron chi connectivity index (χ0n) is 10.4. The normalized spacial score (nSPS) is 9.47. The van der Waals surface area contributed by atoms with Crippen LogP contribution in [0.2, 0.25) is 5.15 Å². The van der Waals surface area contributed by atoms with Crippen LogP contribution in [0.1, 0.15) is 13.8 Å². The van der Waals surface area contributed by atoms with Gasteiger partial charge in [0.15, 0.2) is 0 Å². The fraction of sp³-hybridized carbons (Fsp3) is 0.250. The second-order valence-corrected chi connectivity index (χ2v) is 4.16. The van der Waals surface area contributed by atoms with E-state index in [1.54, 1.807) is 18.5 Å². The lowest BCUT2D eigenvalue weighted by Gasteiger charge is -2.12. The maximum atomic E-state index is 8.12. The van der Waals surface area contributed by atoms with E-state index in [-0.39, 0.29) is 6.15 Å². The molecule has 0 atom stereocenters. The highest BCUT2D eigenvalue weighted by Crippen LogP contribution is 2.28. The molecule has 0 aliphatic rings. The van der Waals surface area contributed by atoms with Gasteiger partial charge in [0.2, 0.25) is 5.89 Å². The molecular formula is C12H12ClN3O3. The second-order valence-electron chi connectivity index (χ2n) is 3.77. The van der Waals surface area contributed by atoms with Crippen molar-refractivity contribution >= 4 is 23.4 Å². The third-order valence-electron chi connectivity index (χ3n) is 1.98. The minimum absolute atomic E-state index is 0.250. The first-order valence-corrected chi connectivity index (χ1v) is 5.77. The molecule has 0 amide bonds. The highest BCUT2D eigenvalue weighted by atomic mass is 35.5. The Morgan fingerprint density at radius 1 is 1.37 bits per heavy atom. The van der Waals surface area contributed by atoms with Crippen molar-refractivity contribution in [2.75, 3.05) is 5.32 Å². The summed E-state index contributed by atoms with van der Waals surface area (Å²) in [6.45, 7) is 4.10. The summed E-state index contributed by atoms with van der Waals surface area (Å²) >= 11 is 5.86. The molecule has 2 aromatic rings. The standard InChI is InChI=1S/C11H12ClN3O.CO2/c1-7(2)15-9-5-10(12)14-6-8(9)11-13-3-4-16-11;2-1-3/h3-7H,1-2H3,(H,14,15);. The van der Waals surface area contributed by atoms with Crippen LogP contribution in [0, 0.1) is 0 Å². The van der Waals surface area contributed by atoms with Crippen molar-refractivity contribution in [1.82, 2.24) is 9.97 Å². The van der Waals surface area contributed by atoms with Gasteiger partial charge in [0.05, 0.1) is 17.4 Å². The molecule has 19 heavy (non-hydrogen) atoms. The van der Waals surface area contributed by atoms with Crippen LogP contribution in [0.3, 0.4) is 0 Å². The van der Waals surface area contributed by atoms with Gasteiger partial charge in [-0.15, -0.1) is 0 Å². The number of oxazole rings is 1. The zero-order valence-corrected chi connectivity index (χ0v) is 11.1. The van der Waals surface area contributed by atoms with Gasteiger partial charge in [-0.1, -0.05) is 11.6 Å². The van der Waals surface area contributed by atoms with Crippen LogP contribution in [-0.4, -0.2) is 22.2 Å². The third-order valence-corrected chi connectivity index (χ3v) is 2.18. The van der Waals surface area contributed by atoms with E-state index >= 15 is 0 Å². The van der Waals surface area contributed by atoms with Crippen molar-refractivity contribution in [3.05, 3.63) is 29.9 Å². The van der Waals surface area contributed by atoms with E-state index in [1.165, 1.54) is 6.26 Å². The van der Waals surface area contributed by atoms with Gasteiger partial charge in [-0.3, -0.25) is 0 Å². The number of hydrogen-bond donors (Lipinski definition) is 1. The molecule has 2 aromatic heterocycles. The molecule has 0 aliphatic carbocycles. The second kappa shape index (κ2) is 7.31. The number of aromatic nitrogens is 2. The molecule has 0 fully saturated rings. The third kappa shape index (κ3) is 4.54. The fourth-order valence-corrected chi connectivity index (χ4v) is 1.55. The molecule has 6 nitrogen and oxygen atoms in total. The van der Waals surface area contributed by atoms with Crippen molar-refractivity contribution in [2.24, 2.45) is 0 Å². The summed E-state index contributed by atoms with van der Waals surface area (Å²) in [5.41, 5.74) is 1.68. The zero-order chi connectivity index (χ0) is 14.3. The van der Waals surface area contributed by atoms with E-state index in [1.807, 2.05) is 13.8 Å². The summed E-state index contributed by atoms with van der Waals surface area (Å²) in [5, 5.41) is 3.72. The Hall–Kier alpha value is -2.17. The summed E-state index contributed by atoms with van der Waals surface area (Å²) < 4.78 is 5.25. The number of nitrogens with zero attached hydrogens (tertiary/aromatic N) is 2. The highest BCUT2D eigenvalue weighted by molar-refractivity contribution is 6.29. The minimum Gasteiger partial charge on any atom is -0.444 e. The molecule has 2 heterocycles. The number of halogens is 1. The van der Waals surface area contributed by atoms with Crippen molar-refractivity contribution in [3.63, 3.8) is 0 Å². The number of hydrogen-bond acceptors (Lipinski definition) is 6. The first-order chi connectivity index (χ1) is 9.08. The molecule has 1 N–H and O–H groups in total. The average Bonchev–Trinajstić information content (AvgIpc) is 2.82. The SMILES string of the molecule is CC(C)Nc1cc(Cl)ncc1-c1ncco1.O=C=O. The Labute approximate surface area is 114 Å². The molecule has 0 saturated carbocycles. The predicted octanol–water partition coefficient (Wildman–Crippen LogP) is 2.63. The smallest absolute Gasteiger partial charge is 0.373 e. The summed E-state index contributed by atoms with van der Waals surface area (Å²) in [6.07, 6.45) is 5.03. The number of anilines is 1. The quantitative estimate of drug-likeness (QED) is 0.871. The van der Waals surface area contributed by atoms with Crippen LogP contribution in [-0.2, 0) is 9.59 Å². The molecule has 0 radical (unpaired) electrons. The van der Waals surface area contributed by atoms with Crippen LogP contribution < -0.4 is 5.32 Å². The van der Waals surface area contributed by atoms with Crippen molar-refractivity contribution in [3.8, 4) is 11.5 Å². The predicted molar refractivity (Wildman–Crippen MR) is 68.5 cm³/mol. The molecule has 0 bridgehead atoms. The monoisotopic (exact) mass is 281 g/mol. The molecule has 0 saturated heterocycles. The van der Waals surface area contributed by atoms with Gasteiger partial charge >= 0.3 is 6.15 Å². The van der Waals surface area contributed by atoms with Crippen molar-refractivity contribution in [1.29, 1.82) is 0 Å². The van der Waals surface area contributed by atoms with Crippen LogP contribution in [0.15, 0.2) is 29.1 Å². The number of nitrogens with one attached hydrogen (secondary N) is 1. The van der Waals surface area contributed by atoms with Gasteiger partial charge in [0.1, 0.15) is 11.4 Å². The van der Waals surface area contributed by atoms with Crippen LogP contribution in [0.5, 0.6) is 0 Å². The summed E-state index contributed by atoms with van der Waals surface area (Å²) in [6, 6.07) is 2.06. The lowest BCUT2D eigenvalue weighted by atomic mass is 10.2. The maximum absolute atomic E-state index is 8.12. The van der Waals surface area contributed by atoms with E-state index in [9.17, 15) is 0 Å². The lowest BCUT2D eigenvalue weighted by Crippen LogP contribution is -2.10. The minimum atomic E-state index is 0.250. The van der Waals surface area contributed by atoms with Gasteiger partial charge in [-0.2, -0.15) is 9.59 Å². The fourth-order valence-electron chi connectivity index (χ4n) is 1.39. The topological polar surface area (TPSA) is 85.1 Å². The van der Waals surface area contributed by atoms with E-state index < -0.39 is 0 Å². The number of pyridine rings is 1. The first kappa shape index (κ1) is 14.9. The number of carbonyl (C=O) groups excluding carboxylic acids is 2. The molecule has 0 unspecified atom stereocenters. The molecule has 0 aliphatic heterocycles. The molecule has 100 valence electrons. The van der Waals surface area contributed by atoms with Crippen molar-refractivity contribution < 1.29 is 14.0 Å². The lowest BCUT2D eigenvalue weighted by molar-refractivity contribution is -0.191. The highest BCUT2D eigenvalue weighted by Gasteiger charge is 2.11. The Morgan fingerprint density at radius 2 is 2.05 bits per heavy atom. The molecule has 7 heteroatoms. The molecule has 0 spiro atoms. The Balaban J connectivity index is 0.000000550.